The van der Waals surface area contributed by atoms with Crippen LogP contribution < -0.4 is 10.5 Å². The summed E-state index contributed by atoms with van der Waals surface area (Å²) < 4.78 is 40.1. The Bertz CT molecular complexity index is 719. The number of nitrogens with one attached hydrogen (secondary N) is 1. The third-order valence-electron chi connectivity index (χ3n) is 2.90. The molecule has 0 radical (unpaired) electrons. The van der Waals surface area contributed by atoms with Crippen molar-refractivity contribution in [3.8, 4) is 0 Å². The lowest BCUT2D eigenvalue weighted by Gasteiger charge is -2.07. The second-order valence-corrected chi connectivity index (χ2v) is 7.54. The van der Waals surface area contributed by atoms with Gasteiger partial charge in [-0.3, -0.25) is 0 Å². The highest BCUT2D eigenvalue weighted by molar-refractivity contribution is 7.89. The normalized spacial score (nSPS) is 11.8. The fourth-order valence-corrected chi connectivity index (χ4v) is 3.91. The maximum absolute atomic E-state index is 13.6. The molecule has 2 rings (SSSR count). The van der Waals surface area contributed by atoms with E-state index in [-0.39, 0.29) is 12.2 Å². The molecule has 108 valence electrons. The lowest BCUT2D eigenvalue weighted by atomic mass is 10.3. The zero-order chi connectivity index (χ0) is 14.9. The number of halogens is 1. The lowest BCUT2D eigenvalue weighted by Crippen LogP contribution is -2.24. The highest BCUT2D eigenvalue weighted by atomic mass is 32.2. The molecule has 1 aromatic heterocycles. The number of anilines is 1. The molecule has 0 bridgehead atoms. The lowest BCUT2D eigenvalue weighted by molar-refractivity contribution is 0.557. The van der Waals surface area contributed by atoms with Gasteiger partial charge in [0.05, 0.1) is 0 Å². The summed E-state index contributed by atoms with van der Waals surface area (Å²) in [4.78, 5) is 1.59. The van der Waals surface area contributed by atoms with Crippen LogP contribution in [-0.2, 0) is 16.6 Å². The van der Waals surface area contributed by atoms with Crippen molar-refractivity contribution in [2.24, 2.45) is 0 Å². The largest absolute Gasteiger partial charge is 0.399 e. The molecule has 0 fully saturated rings. The van der Waals surface area contributed by atoms with Gasteiger partial charge in [-0.2, -0.15) is 0 Å². The van der Waals surface area contributed by atoms with Gasteiger partial charge in [-0.05, 0) is 43.7 Å². The van der Waals surface area contributed by atoms with E-state index in [1.165, 1.54) is 17.4 Å². The van der Waals surface area contributed by atoms with E-state index in [0.29, 0.717) is 0 Å². The van der Waals surface area contributed by atoms with Crippen LogP contribution in [0.1, 0.15) is 15.3 Å². The smallest absolute Gasteiger partial charge is 0.243 e. The van der Waals surface area contributed by atoms with Crippen LogP contribution in [-0.4, -0.2) is 8.42 Å². The summed E-state index contributed by atoms with van der Waals surface area (Å²) in [6.07, 6.45) is 0. The van der Waals surface area contributed by atoms with E-state index in [1.54, 1.807) is 0 Å². The fourth-order valence-electron chi connectivity index (χ4n) is 1.71. The van der Waals surface area contributed by atoms with Crippen molar-refractivity contribution in [1.82, 2.24) is 4.72 Å². The summed E-state index contributed by atoms with van der Waals surface area (Å²) in [5, 5.41) is 0. The molecule has 0 aliphatic heterocycles. The molecule has 0 atom stereocenters. The molecule has 0 saturated heterocycles. The van der Waals surface area contributed by atoms with E-state index in [1.807, 2.05) is 19.9 Å². The summed E-state index contributed by atoms with van der Waals surface area (Å²) in [6, 6.07) is 5.39. The molecule has 3 N–H and O–H groups in total. The predicted molar refractivity (Wildman–Crippen MR) is 78.6 cm³/mol. The first-order valence-corrected chi connectivity index (χ1v) is 8.20. The Labute approximate surface area is 121 Å². The Hall–Kier alpha value is -1.44. The van der Waals surface area contributed by atoms with Gasteiger partial charge in [0.15, 0.2) is 0 Å². The third kappa shape index (κ3) is 3.17. The zero-order valence-corrected chi connectivity index (χ0v) is 12.7. The van der Waals surface area contributed by atoms with E-state index in [2.05, 4.69) is 4.72 Å². The van der Waals surface area contributed by atoms with Crippen molar-refractivity contribution in [1.29, 1.82) is 0 Å². The van der Waals surface area contributed by atoms with E-state index in [4.69, 9.17) is 5.73 Å². The van der Waals surface area contributed by atoms with Gasteiger partial charge in [0.25, 0.3) is 0 Å². The minimum Gasteiger partial charge on any atom is -0.399 e. The number of benzene rings is 1. The second-order valence-electron chi connectivity index (χ2n) is 4.47. The maximum atomic E-state index is 13.6. The van der Waals surface area contributed by atoms with Crippen LogP contribution in [0.2, 0.25) is 0 Å². The van der Waals surface area contributed by atoms with Gasteiger partial charge in [0.2, 0.25) is 10.0 Å². The molecule has 20 heavy (non-hydrogen) atoms. The Morgan fingerprint density at radius 3 is 2.60 bits per heavy atom. The number of hydrogen-bond acceptors (Lipinski definition) is 4. The molecule has 2 aromatic rings. The Kier molecular flexibility index (Phi) is 4.12. The number of aryl methyl sites for hydroxylation is 2. The standard InChI is InChI=1S/C13H15FN2O2S2/c1-8-5-11(19-9(8)2)7-16-20(17,18)13-6-10(15)3-4-12(13)14/h3-6,16H,7,15H2,1-2H3. The van der Waals surface area contributed by atoms with Crippen molar-refractivity contribution in [2.45, 2.75) is 25.3 Å². The minimum absolute atomic E-state index is 0.135. The quantitative estimate of drug-likeness (QED) is 0.852. The number of rotatable bonds is 4. The van der Waals surface area contributed by atoms with E-state index in [9.17, 15) is 12.8 Å². The van der Waals surface area contributed by atoms with Crippen molar-refractivity contribution < 1.29 is 12.8 Å². The van der Waals surface area contributed by atoms with Crippen LogP contribution in [0.4, 0.5) is 10.1 Å². The molecular formula is C13H15FN2O2S2. The first-order chi connectivity index (χ1) is 9.29. The molecule has 1 aromatic carbocycles. The highest BCUT2D eigenvalue weighted by Crippen LogP contribution is 2.22. The molecule has 4 nitrogen and oxygen atoms in total. The van der Waals surface area contributed by atoms with Crippen molar-refractivity contribution in [3.05, 3.63) is 45.4 Å². The predicted octanol–water partition coefficient (Wildman–Crippen LogP) is 2.56. The van der Waals surface area contributed by atoms with Gasteiger partial charge >= 0.3 is 0 Å². The van der Waals surface area contributed by atoms with Crippen LogP contribution in [0.3, 0.4) is 0 Å². The average Bonchev–Trinajstić information content (AvgIpc) is 2.69. The maximum Gasteiger partial charge on any atom is 0.243 e. The Balaban J connectivity index is 2.21. The van der Waals surface area contributed by atoms with Gasteiger partial charge in [0, 0.05) is 22.0 Å². The Morgan fingerprint density at radius 2 is 2.00 bits per heavy atom. The molecule has 7 heteroatoms. The number of thiophene rings is 1. The fraction of sp³-hybridized carbons (Fsp3) is 0.231. The van der Waals surface area contributed by atoms with Crippen LogP contribution in [0.15, 0.2) is 29.2 Å². The summed E-state index contributed by atoms with van der Waals surface area (Å²) in [5.41, 5.74) is 6.81. The van der Waals surface area contributed by atoms with Crippen molar-refractivity contribution >= 4 is 27.0 Å². The third-order valence-corrected chi connectivity index (χ3v) is 5.47. The van der Waals surface area contributed by atoms with E-state index < -0.39 is 20.7 Å². The van der Waals surface area contributed by atoms with Crippen LogP contribution >= 0.6 is 11.3 Å². The number of nitrogens with two attached hydrogens (primary N) is 1. The monoisotopic (exact) mass is 314 g/mol. The first kappa shape index (κ1) is 15.0. The van der Waals surface area contributed by atoms with Gasteiger partial charge in [-0.25, -0.2) is 17.5 Å². The van der Waals surface area contributed by atoms with Gasteiger partial charge in [-0.1, -0.05) is 0 Å². The summed E-state index contributed by atoms with van der Waals surface area (Å²) in [6.45, 7) is 4.06. The van der Waals surface area contributed by atoms with Gasteiger partial charge < -0.3 is 5.73 Å². The van der Waals surface area contributed by atoms with Gasteiger partial charge in [-0.15, -0.1) is 11.3 Å². The zero-order valence-electron chi connectivity index (χ0n) is 11.1. The minimum atomic E-state index is -3.91. The topological polar surface area (TPSA) is 72.2 Å². The number of hydrogen-bond donors (Lipinski definition) is 2. The number of sulfonamides is 1. The molecule has 0 amide bonds. The summed E-state index contributed by atoms with van der Waals surface area (Å²) in [5.74, 6) is -0.815. The first-order valence-electron chi connectivity index (χ1n) is 5.90. The van der Waals surface area contributed by atoms with E-state index in [0.717, 1.165) is 27.5 Å². The number of nitrogen functional groups attached to an aromatic ring is 1. The van der Waals surface area contributed by atoms with Crippen molar-refractivity contribution in [3.63, 3.8) is 0 Å². The molecule has 0 aliphatic rings. The molecule has 0 spiro atoms. The highest BCUT2D eigenvalue weighted by Gasteiger charge is 2.19. The van der Waals surface area contributed by atoms with Gasteiger partial charge in [0.1, 0.15) is 10.7 Å². The molecular weight excluding hydrogens is 299 g/mol. The van der Waals surface area contributed by atoms with Crippen molar-refractivity contribution in [2.75, 3.05) is 5.73 Å². The Morgan fingerprint density at radius 1 is 1.30 bits per heavy atom. The molecule has 1 heterocycles. The van der Waals surface area contributed by atoms with Crippen LogP contribution in [0, 0.1) is 19.7 Å². The van der Waals surface area contributed by atoms with Crippen LogP contribution in [0.5, 0.6) is 0 Å². The average molecular weight is 314 g/mol. The summed E-state index contributed by atoms with van der Waals surface area (Å²) in [7, 11) is -3.91. The van der Waals surface area contributed by atoms with Crippen LogP contribution in [0.25, 0.3) is 0 Å². The molecule has 0 unspecified atom stereocenters. The van der Waals surface area contributed by atoms with E-state index >= 15 is 0 Å². The molecule has 0 saturated carbocycles. The molecule has 0 aliphatic carbocycles. The summed E-state index contributed by atoms with van der Waals surface area (Å²) >= 11 is 1.51. The second kappa shape index (κ2) is 5.51. The SMILES string of the molecule is Cc1cc(CNS(=O)(=O)c2cc(N)ccc2F)sc1C.